The van der Waals surface area contributed by atoms with Gasteiger partial charge in [0.25, 0.3) is 5.56 Å². The SMILES string of the molecule is CCCCC(=O)Nc1c(=O)[nH]c(C)c2cc(OC)c(OC)cc12. The number of rotatable bonds is 6. The zero-order valence-corrected chi connectivity index (χ0v) is 13.9. The molecule has 0 saturated carbocycles. The summed E-state index contributed by atoms with van der Waals surface area (Å²) in [7, 11) is 3.08. The van der Waals surface area contributed by atoms with E-state index in [0.717, 1.165) is 18.2 Å². The van der Waals surface area contributed by atoms with Crippen molar-refractivity contribution in [1.82, 2.24) is 4.98 Å². The van der Waals surface area contributed by atoms with Gasteiger partial charge in [-0.25, -0.2) is 0 Å². The first kappa shape index (κ1) is 16.9. The van der Waals surface area contributed by atoms with Gasteiger partial charge < -0.3 is 19.8 Å². The summed E-state index contributed by atoms with van der Waals surface area (Å²) in [6.07, 6.45) is 2.09. The highest BCUT2D eigenvalue weighted by Crippen LogP contribution is 2.35. The van der Waals surface area contributed by atoms with Gasteiger partial charge in [-0.1, -0.05) is 13.3 Å². The van der Waals surface area contributed by atoms with E-state index in [0.29, 0.717) is 29.0 Å². The molecule has 0 bridgehead atoms. The number of fused-ring (bicyclic) bond motifs is 1. The Morgan fingerprint density at radius 3 is 2.35 bits per heavy atom. The van der Waals surface area contributed by atoms with Gasteiger partial charge in [0.05, 0.1) is 14.2 Å². The number of hydrogen-bond acceptors (Lipinski definition) is 4. The summed E-state index contributed by atoms with van der Waals surface area (Å²) in [5, 5.41) is 4.16. The number of nitrogens with one attached hydrogen (secondary N) is 2. The van der Waals surface area contributed by atoms with E-state index in [1.807, 2.05) is 6.92 Å². The van der Waals surface area contributed by atoms with Gasteiger partial charge in [0, 0.05) is 22.9 Å². The predicted molar refractivity (Wildman–Crippen MR) is 90.6 cm³/mol. The molecule has 0 aliphatic carbocycles. The lowest BCUT2D eigenvalue weighted by Gasteiger charge is -2.14. The maximum atomic E-state index is 12.3. The number of aromatic nitrogens is 1. The lowest BCUT2D eigenvalue weighted by Crippen LogP contribution is -2.20. The number of carbonyl (C=O) groups is 1. The second kappa shape index (κ2) is 7.17. The van der Waals surface area contributed by atoms with Crippen LogP contribution in [0.25, 0.3) is 10.8 Å². The van der Waals surface area contributed by atoms with E-state index in [1.165, 1.54) is 7.11 Å². The number of benzene rings is 1. The molecule has 0 aliphatic heterocycles. The molecule has 0 aliphatic rings. The Morgan fingerprint density at radius 1 is 1.17 bits per heavy atom. The van der Waals surface area contributed by atoms with Gasteiger partial charge in [-0.05, 0) is 25.5 Å². The molecule has 124 valence electrons. The van der Waals surface area contributed by atoms with Crippen LogP contribution in [0.2, 0.25) is 0 Å². The number of pyridine rings is 1. The van der Waals surface area contributed by atoms with Crippen LogP contribution in [-0.2, 0) is 4.79 Å². The number of ether oxygens (including phenoxy) is 2. The quantitative estimate of drug-likeness (QED) is 0.858. The number of H-pyrrole nitrogens is 1. The molecule has 1 amide bonds. The van der Waals surface area contributed by atoms with Crippen LogP contribution in [0.15, 0.2) is 16.9 Å². The van der Waals surface area contributed by atoms with Crippen molar-refractivity contribution in [2.45, 2.75) is 33.1 Å². The Hall–Kier alpha value is -2.50. The fraction of sp³-hybridized carbons (Fsp3) is 0.412. The fourth-order valence-corrected chi connectivity index (χ4v) is 2.48. The smallest absolute Gasteiger partial charge is 0.272 e. The fourth-order valence-electron chi connectivity index (χ4n) is 2.48. The molecular weight excluding hydrogens is 296 g/mol. The zero-order chi connectivity index (χ0) is 17.0. The molecule has 0 fully saturated rings. The van der Waals surface area contributed by atoms with Gasteiger partial charge in [-0.15, -0.1) is 0 Å². The van der Waals surface area contributed by atoms with Crippen LogP contribution in [0.1, 0.15) is 31.9 Å². The highest BCUT2D eigenvalue weighted by atomic mass is 16.5. The minimum absolute atomic E-state index is 0.169. The minimum Gasteiger partial charge on any atom is -0.493 e. The molecule has 2 rings (SSSR count). The van der Waals surface area contributed by atoms with Crippen LogP contribution in [0.3, 0.4) is 0 Å². The first-order valence-electron chi connectivity index (χ1n) is 7.60. The van der Waals surface area contributed by atoms with E-state index >= 15 is 0 Å². The standard InChI is InChI=1S/C17H22N2O4/c1-5-6-7-15(20)19-16-12-9-14(23-4)13(22-3)8-11(12)10(2)18-17(16)21/h8-9H,5-7H2,1-4H3,(H,18,21)(H,19,20). The maximum Gasteiger partial charge on any atom is 0.272 e. The molecule has 0 unspecified atom stereocenters. The minimum atomic E-state index is -0.327. The maximum absolute atomic E-state index is 12.3. The lowest BCUT2D eigenvalue weighted by atomic mass is 10.1. The van der Waals surface area contributed by atoms with Gasteiger partial charge >= 0.3 is 0 Å². The van der Waals surface area contributed by atoms with E-state index < -0.39 is 0 Å². The summed E-state index contributed by atoms with van der Waals surface area (Å²) in [5.74, 6) is 0.907. The summed E-state index contributed by atoms with van der Waals surface area (Å²) in [6.45, 7) is 3.82. The summed E-state index contributed by atoms with van der Waals surface area (Å²) < 4.78 is 10.6. The molecular formula is C17H22N2O4. The number of unbranched alkanes of at least 4 members (excludes halogenated alkanes) is 1. The molecule has 0 saturated heterocycles. The van der Waals surface area contributed by atoms with Crippen LogP contribution in [0.4, 0.5) is 5.69 Å². The van der Waals surface area contributed by atoms with Crippen molar-refractivity contribution in [2.24, 2.45) is 0 Å². The van der Waals surface area contributed by atoms with Gasteiger partial charge in [-0.2, -0.15) is 0 Å². The van der Waals surface area contributed by atoms with E-state index in [2.05, 4.69) is 10.3 Å². The molecule has 1 heterocycles. The van der Waals surface area contributed by atoms with E-state index in [-0.39, 0.29) is 17.2 Å². The monoisotopic (exact) mass is 318 g/mol. The molecule has 2 N–H and O–H groups in total. The number of methoxy groups -OCH3 is 2. The van der Waals surface area contributed by atoms with Crippen molar-refractivity contribution >= 4 is 22.4 Å². The Bertz CT molecular complexity index is 780. The molecule has 0 spiro atoms. The lowest BCUT2D eigenvalue weighted by molar-refractivity contribution is -0.116. The normalized spacial score (nSPS) is 10.6. The Kier molecular flexibility index (Phi) is 5.26. The van der Waals surface area contributed by atoms with Crippen LogP contribution >= 0.6 is 0 Å². The third-order valence-corrected chi connectivity index (χ3v) is 3.75. The second-order valence-corrected chi connectivity index (χ2v) is 5.36. The van der Waals surface area contributed by atoms with Gasteiger partial charge in [0.15, 0.2) is 11.5 Å². The topological polar surface area (TPSA) is 80.4 Å². The largest absolute Gasteiger partial charge is 0.493 e. The van der Waals surface area contributed by atoms with Crippen molar-refractivity contribution < 1.29 is 14.3 Å². The van der Waals surface area contributed by atoms with Crippen LogP contribution in [-0.4, -0.2) is 25.1 Å². The van der Waals surface area contributed by atoms with E-state index in [4.69, 9.17) is 9.47 Å². The van der Waals surface area contributed by atoms with Crippen molar-refractivity contribution in [2.75, 3.05) is 19.5 Å². The number of hydrogen-bond donors (Lipinski definition) is 2. The molecule has 6 nitrogen and oxygen atoms in total. The number of amides is 1. The highest BCUT2D eigenvalue weighted by molar-refractivity contribution is 6.03. The first-order valence-corrected chi connectivity index (χ1v) is 7.60. The van der Waals surface area contributed by atoms with Crippen LogP contribution in [0, 0.1) is 6.92 Å². The molecule has 2 aromatic rings. The number of carbonyl (C=O) groups excluding carboxylic acids is 1. The van der Waals surface area contributed by atoms with Crippen molar-refractivity contribution in [1.29, 1.82) is 0 Å². The van der Waals surface area contributed by atoms with Crippen LogP contribution in [0.5, 0.6) is 11.5 Å². The van der Waals surface area contributed by atoms with Gasteiger partial charge in [-0.3, -0.25) is 9.59 Å². The van der Waals surface area contributed by atoms with E-state index in [1.54, 1.807) is 26.2 Å². The average molecular weight is 318 g/mol. The van der Waals surface area contributed by atoms with Crippen molar-refractivity contribution in [3.05, 3.63) is 28.2 Å². The number of aromatic amines is 1. The Labute approximate surface area is 134 Å². The molecule has 23 heavy (non-hydrogen) atoms. The summed E-state index contributed by atoms with van der Waals surface area (Å²) in [4.78, 5) is 27.1. The highest BCUT2D eigenvalue weighted by Gasteiger charge is 2.15. The molecule has 1 aromatic heterocycles. The predicted octanol–water partition coefficient (Wildman–Crippen LogP) is 2.98. The molecule has 6 heteroatoms. The van der Waals surface area contributed by atoms with Crippen molar-refractivity contribution in [3.63, 3.8) is 0 Å². The first-order chi connectivity index (χ1) is 11.0. The molecule has 1 aromatic carbocycles. The number of aryl methyl sites for hydroxylation is 1. The van der Waals surface area contributed by atoms with Crippen LogP contribution < -0.4 is 20.3 Å². The average Bonchev–Trinajstić information content (AvgIpc) is 2.55. The summed E-state index contributed by atoms with van der Waals surface area (Å²) >= 11 is 0. The van der Waals surface area contributed by atoms with Gasteiger partial charge in [0.1, 0.15) is 5.69 Å². The third-order valence-electron chi connectivity index (χ3n) is 3.75. The molecule has 0 atom stereocenters. The zero-order valence-electron chi connectivity index (χ0n) is 13.9. The number of anilines is 1. The third kappa shape index (κ3) is 3.47. The summed E-state index contributed by atoms with van der Waals surface area (Å²) in [6, 6.07) is 3.51. The summed E-state index contributed by atoms with van der Waals surface area (Å²) in [5.41, 5.74) is 0.622. The molecule has 0 radical (unpaired) electrons. The Balaban J connectivity index is 2.59. The van der Waals surface area contributed by atoms with E-state index in [9.17, 15) is 9.59 Å². The van der Waals surface area contributed by atoms with Gasteiger partial charge in [0.2, 0.25) is 5.91 Å². The Morgan fingerprint density at radius 2 is 1.78 bits per heavy atom. The second-order valence-electron chi connectivity index (χ2n) is 5.36. The van der Waals surface area contributed by atoms with Crippen molar-refractivity contribution in [3.8, 4) is 11.5 Å².